The van der Waals surface area contributed by atoms with Gasteiger partial charge in [0.25, 0.3) is 0 Å². The summed E-state index contributed by atoms with van der Waals surface area (Å²) in [5.41, 5.74) is 0.509. The van der Waals surface area contributed by atoms with Gasteiger partial charge in [-0.25, -0.2) is 4.39 Å². The first-order valence-corrected chi connectivity index (χ1v) is 9.02. The Hall–Kier alpha value is -2.28. The number of amides is 2. The third kappa shape index (κ3) is 4.22. The molecule has 0 saturated carbocycles. The van der Waals surface area contributed by atoms with E-state index in [0.29, 0.717) is 30.0 Å². The number of furan rings is 1. The molecule has 0 aliphatic carbocycles. The molecule has 1 N–H and O–H groups in total. The second-order valence-electron chi connectivity index (χ2n) is 5.95. The number of likely N-dealkylation sites (N-methyl/N-ethyl adjacent to an activating group) is 1. The first-order chi connectivity index (χ1) is 12.0. The molecule has 132 valence electrons. The molecule has 0 unspecified atom stereocenters. The van der Waals surface area contributed by atoms with Crippen molar-refractivity contribution in [3.63, 3.8) is 0 Å². The van der Waals surface area contributed by atoms with Crippen molar-refractivity contribution in [2.24, 2.45) is 0 Å². The van der Waals surface area contributed by atoms with E-state index in [-0.39, 0.29) is 17.6 Å². The first-order valence-electron chi connectivity index (χ1n) is 7.97. The SMILES string of the molecule is CN(Cc1ccco1)C(=O)[C@H]1CS[C@H](Cc2ccccc2F)C(=O)N1. The monoisotopic (exact) mass is 362 g/mol. The molecule has 1 fully saturated rings. The van der Waals surface area contributed by atoms with Gasteiger partial charge in [0.1, 0.15) is 17.6 Å². The summed E-state index contributed by atoms with van der Waals surface area (Å²) in [5.74, 6) is 0.438. The predicted molar refractivity (Wildman–Crippen MR) is 93.5 cm³/mol. The highest BCUT2D eigenvalue weighted by atomic mass is 32.2. The summed E-state index contributed by atoms with van der Waals surface area (Å²) < 4.78 is 19.0. The summed E-state index contributed by atoms with van der Waals surface area (Å²) in [6.07, 6.45) is 1.87. The minimum atomic E-state index is -0.575. The maximum atomic E-state index is 13.8. The molecule has 1 aliphatic rings. The number of benzene rings is 1. The van der Waals surface area contributed by atoms with Crippen LogP contribution in [0, 0.1) is 5.82 Å². The maximum Gasteiger partial charge on any atom is 0.246 e. The summed E-state index contributed by atoms with van der Waals surface area (Å²) in [5, 5.41) is 2.37. The molecule has 0 spiro atoms. The van der Waals surface area contributed by atoms with Crippen LogP contribution in [-0.4, -0.2) is 40.8 Å². The van der Waals surface area contributed by atoms with Crippen LogP contribution >= 0.6 is 11.8 Å². The van der Waals surface area contributed by atoms with E-state index in [9.17, 15) is 14.0 Å². The molecule has 1 saturated heterocycles. The number of nitrogens with zero attached hydrogens (tertiary/aromatic N) is 1. The van der Waals surface area contributed by atoms with Crippen LogP contribution in [0.4, 0.5) is 4.39 Å². The Morgan fingerprint density at radius 1 is 1.36 bits per heavy atom. The van der Waals surface area contributed by atoms with E-state index >= 15 is 0 Å². The van der Waals surface area contributed by atoms with Crippen LogP contribution in [0.3, 0.4) is 0 Å². The molecule has 1 aromatic heterocycles. The topological polar surface area (TPSA) is 62.6 Å². The lowest BCUT2D eigenvalue weighted by Gasteiger charge is -2.30. The zero-order valence-corrected chi connectivity index (χ0v) is 14.6. The third-order valence-electron chi connectivity index (χ3n) is 4.08. The van der Waals surface area contributed by atoms with Crippen LogP contribution in [0.25, 0.3) is 0 Å². The molecular formula is C18H19FN2O3S. The molecule has 2 heterocycles. The number of nitrogens with one attached hydrogen (secondary N) is 1. The lowest BCUT2D eigenvalue weighted by molar-refractivity contribution is -0.135. The maximum absolute atomic E-state index is 13.8. The van der Waals surface area contributed by atoms with Gasteiger partial charge in [-0.15, -0.1) is 11.8 Å². The van der Waals surface area contributed by atoms with Gasteiger partial charge in [0, 0.05) is 12.8 Å². The molecule has 0 bridgehead atoms. The van der Waals surface area contributed by atoms with E-state index < -0.39 is 11.3 Å². The number of hydrogen-bond donors (Lipinski definition) is 1. The van der Waals surface area contributed by atoms with E-state index in [1.165, 1.54) is 22.7 Å². The standard InChI is InChI=1S/C18H19FN2O3S/c1-21(10-13-6-4-8-24-13)18(23)15-11-25-16(17(22)20-15)9-12-5-2-3-7-14(12)19/h2-8,15-16H,9-11H2,1H3,(H,20,22)/t15-,16-/m1/s1. The highest BCUT2D eigenvalue weighted by molar-refractivity contribution is 8.00. The number of thioether (sulfide) groups is 1. The normalized spacial score (nSPS) is 20.2. The Morgan fingerprint density at radius 3 is 2.84 bits per heavy atom. The summed E-state index contributed by atoms with van der Waals surface area (Å²) >= 11 is 1.39. The quantitative estimate of drug-likeness (QED) is 0.886. The van der Waals surface area contributed by atoms with Gasteiger partial charge >= 0.3 is 0 Å². The fourth-order valence-electron chi connectivity index (χ4n) is 2.72. The van der Waals surface area contributed by atoms with Gasteiger partial charge in [-0.3, -0.25) is 9.59 Å². The first kappa shape index (κ1) is 17.5. The highest BCUT2D eigenvalue weighted by Gasteiger charge is 2.34. The van der Waals surface area contributed by atoms with Crippen LogP contribution in [0.15, 0.2) is 47.1 Å². The van der Waals surface area contributed by atoms with E-state index in [1.807, 2.05) is 0 Å². The zero-order valence-electron chi connectivity index (χ0n) is 13.8. The highest BCUT2D eigenvalue weighted by Crippen LogP contribution is 2.24. The summed E-state index contributed by atoms with van der Waals surface area (Å²) in [6, 6.07) is 9.42. The Balaban J connectivity index is 1.56. The van der Waals surface area contributed by atoms with Crippen molar-refractivity contribution in [2.75, 3.05) is 12.8 Å². The van der Waals surface area contributed by atoms with Gasteiger partial charge in [-0.1, -0.05) is 18.2 Å². The Labute approximate surface area is 149 Å². The van der Waals surface area contributed by atoms with Crippen molar-refractivity contribution in [1.82, 2.24) is 10.2 Å². The van der Waals surface area contributed by atoms with E-state index in [4.69, 9.17) is 4.42 Å². The average Bonchev–Trinajstić information content (AvgIpc) is 3.10. The molecule has 1 aromatic carbocycles. The van der Waals surface area contributed by atoms with Crippen LogP contribution in [0.5, 0.6) is 0 Å². The minimum Gasteiger partial charge on any atom is -0.467 e. The van der Waals surface area contributed by atoms with Crippen molar-refractivity contribution in [1.29, 1.82) is 0 Å². The van der Waals surface area contributed by atoms with E-state index in [2.05, 4.69) is 5.32 Å². The second kappa shape index (κ2) is 7.74. The molecular weight excluding hydrogens is 343 g/mol. The van der Waals surface area contributed by atoms with Crippen LogP contribution in [0.2, 0.25) is 0 Å². The smallest absolute Gasteiger partial charge is 0.246 e. The van der Waals surface area contributed by atoms with E-state index in [1.54, 1.807) is 43.6 Å². The number of carbonyl (C=O) groups is 2. The molecule has 2 aromatic rings. The third-order valence-corrected chi connectivity index (χ3v) is 5.39. The Morgan fingerprint density at radius 2 is 2.16 bits per heavy atom. The van der Waals surface area contributed by atoms with Gasteiger partial charge in [0.15, 0.2) is 0 Å². The van der Waals surface area contributed by atoms with Gasteiger partial charge in [0.2, 0.25) is 11.8 Å². The fraction of sp³-hybridized carbons (Fsp3) is 0.333. The number of rotatable bonds is 5. The van der Waals surface area contributed by atoms with Crippen molar-refractivity contribution in [3.8, 4) is 0 Å². The molecule has 7 heteroatoms. The molecule has 25 heavy (non-hydrogen) atoms. The largest absolute Gasteiger partial charge is 0.467 e. The number of hydrogen-bond acceptors (Lipinski definition) is 4. The van der Waals surface area contributed by atoms with Crippen LogP contribution < -0.4 is 5.32 Å². The summed E-state index contributed by atoms with van der Waals surface area (Å²) in [6.45, 7) is 0.349. The fourth-order valence-corrected chi connectivity index (χ4v) is 3.89. The lowest BCUT2D eigenvalue weighted by atomic mass is 10.1. The Bertz CT molecular complexity index is 751. The lowest BCUT2D eigenvalue weighted by Crippen LogP contribution is -2.54. The van der Waals surface area contributed by atoms with Gasteiger partial charge in [0.05, 0.1) is 18.1 Å². The predicted octanol–water partition coefficient (Wildman–Crippen LogP) is 2.22. The number of carbonyl (C=O) groups excluding carboxylic acids is 2. The molecule has 5 nitrogen and oxygen atoms in total. The van der Waals surface area contributed by atoms with Gasteiger partial charge in [-0.05, 0) is 30.2 Å². The second-order valence-corrected chi connectivity index (χ2v) is 7.19. The number of halogens is 1. The molecule has 2 amide bonds. The molecule has 1 aliphatic heterocycles. The van der Waals surface area contributed by atoms with Gasteiger partial charge in [-0.2, -0.15) is 0 Å². The molecule has 0 radical (unpaired) electrons. The van der Waals surface area contributed by atoms with Gasteiger partial charge < -0.3 is 14.6 Å². The minimum absolute atomic E-state index is 0.165. The Kier molecular flexibility index (Phi) is 5.43. The average molecular weight is 362 g/mol. The van der Waals surface area contributed by atoms with Crippen molar-refractivity contribution >= 4 is 23.6 Å². The van der Waals surface area contributed by atoms with E-state index in [0.717, 1.165) is 0 Å². The van der Waals surface area contributed by atoms with Crippen molar-refractivity contribution in [2.45, 2.75) is 24.3 Å². The summed E-state index contributed by atoms with van der Waals surface area (Å²) in [7, 11) is 1.67. The summed E-state index contributed by atoms with van der Waals surface area (Å²) in [4.78, 5) is 26.3. The molecule has 3 rings (SSSR count). The molecule has 2 atom stereocenters. The van der Waals surface area contributed by atoms with Crippen molar-refractivity contribution in [3.05, 3.63) is 59.8 Å². The van der Waals surface area contributed by atoms with Crippen molar-refractivity contribution < 1.29 is 18.4 Å². The van der Waals surface area contributed by atoms with Crippen LogP contribution in [-0.2, 0) is 22.6 Å². The zero-order chi connectivity index (χ0) is 17.8. The van der Waals surface area contributed by atoms with Crippen LogP contribution in [0.1, 0.15) is 11.3 Å².